The molecule has 6 rings (SSSR count). The number of anilines is 2. The summed E-state index contributed by atoms with van der Waals surface area (Å²) in [5, 5.41) is 4.45. The summed E-state index contributed by atoms with van der Waals surface area (Å²) in [6, 6.07) is 5.77. The first-order valence-electron chi connectivity index (χ1n) is 11.7. The standard InChI is InChI=1S/C24H24N6O3S2/c1-13(31)29-6-8-30(9-7-29)23(32)14-2-4-16-18(10-14)34-22-20(16)21(25-12-26-22)27-15-3-5-17-19(11-15)35-24(33)28-17/h3,5,11-12,14H,2,4,6-10H2,1H3,(H,28,33)(H,25,26,27)/t14-/m1/s1. The lowest BCUT2D eigenvalue weighted by Gasteiger charge is -2.36. The Morgan fingerprint density at radius 2 is 1.91 bits per heavy atom. The Kier molecular flexibility index (Phi) is 5.53. The quantitative estimate of drug-likeness (QED) is 0.440. The van der Waals surface area contributed by atoms with Crippen LogP contribution in [0.15, 0.2) is 29.3 Å². The smallest absolute Gasteiger partial charge is 0.305 e. The molecule has 2 N–H and O–H groups in total. The van der Waals surface area contributed by atoms with Gasteiger partial charge in [-0.25, -0.2) is 9.97 Å². The van der Waals surface area contributed by atoms with Gasteiger partial charge in [-0.3, -0.25) is 14.4 Å². The zero-order valence-electron chi connectivity index (χ0n) is 19.2. The molecule has 2 amide bonds. The van der Waals surface area contributed by atoms with Crippen LogP contribution in [0.4, 0.5) is 11.5 Å². The number of fused-ring (bicyclic) bond motifs is 4. The van der Waals surface area contributed by atoms with E-state index in [1.807, 2.05) is 23.1 Å². The third-order valence-electron chi connectivity index (χ3n) is 6.91. The topological polar surface area (TPSA) is 111 Å². The van der Waals surface area contributed by atoms with E-state index >= 15 is 0 Å². The van der Waals surface area contributed by atoms with Crippen LogP contribution in [0.25, 0.3) is 20.4 Å². The number of piperazine rings is 1. The Morgan fingerprint density at radius 1 is 1.11 bits per heavy atom. The van der Waals surface area contributed by atoms with E-state index in [0.717, 1.165) is 44.8 Å². The van der Waals surface area contributed by atoms with Crippen molar-refractivity contribution < 1.29 is 9.59 Å². The van der Waals surface area contributed by atoms with Gasteiger partial charge in [0, 0.05) is 49.6 Å². The van der Waals surface area contributed by atoms with Crippen LogP contribution in [0.5, 0.6) is 0 Å². The molecule has 0 radical (unpaired) electrons. The average molecular weight is 509 g/mol. The van der Waals surface area contributed by atoms with Gasteiger partial charge in [-0.2, -0.15) is 0 Å². The molecule has 4 aromatic rings. The fourth-order valence-electron chi connectivity index (χ4n) is 5.08. The molecule has 3 aromatic heterocycles. The van der Waals surface area contributed by atoms with Gasteiger partial charge in [0.05, 0.1) is 15.6 Å². The molecule has 0 unspecified atom stereocenters. The van der Waals surface area contributed by atoms with Crippen molar-refractivity contribution >= 4 is 66.4 Å². The number of thiazole rings is 1. The molecule has 1 fully saturated rings. The Balaban J connectivity index is 1.23. The predicted molar refractivity (Wildman–Crippen MR) is 137 cm³/mol. The summed E-state index contributed by atoms with van der Waals surface area (Å²) in [5.74, 6) is 0.973. The van der Waals surface area contributed by atoms with E-state index in [2.05, 4.69) is 20.3 Å². The highest BCUT2D eigenvalue weighted by molar-refractivity contribution is 7.19. The number of carbonyl (C=O) groups is 2. The second kappa shape index (κ2) is 8.72. The summed E-state index contributed by atoms with van der Waals surface area (Å²) in [4.78, 5) is 54.1. The van der Waals surface area contributed by atoms with Gasteiger partial charge in [0.1, 0.15) is 17.0 Å². The summed E-state index contributed by atoms with van der Waals surface area (Å²) in [6.45, 7) is 4.01. The molecule has 0 spiro atoms. The maximum absolute atomic E-state index is 13.2. The summed E-state index contributed by atoms with van der Waals surface area (Å²) >= 11 is 2.83. The number of rotatable bonds is 3. The van der Waals surface area contributed by atoms with E-state index in [1.54, 1.807) is 29.5 Å². The summed E-state index contributed by atoms with van der Waals surface area (Å²) in [7, 11) is 0. The molecule has 11 heteroatoms. The summed E-state index contributed by atoms with van der Waals surface area (Å²) in [6.07, 6.45) is 3.88. The number of aromatic nitrogens is 3. The minimum Gasteiger partial charge on any atom is -0.340 e. The highest BCUT2D eigenvalue weighted by Crippen LogP contribution is 2.41. The maximum atomic E-state index is 13.2. The Morgan fingerprint density at radius 3 is 2.71 bits per heavy atom. The normalized spacial score (nSPS) is 18.1. The number of aryl methyl sites for hydroxylation is 1. The van der Waals surface area contributed by atoms with Gasteiger partial charge in [0.2, 0.25) is 11.8 Å². The number of hydrogen-bond donors (Lipinski definition) is 2. The monoisotopic (exact) mass is 508 g/mol. The number of hydrogen-bond acceptors (Lipinski definition) is 8. The average Bonchev–Trinajstić information content (AvgIpc) is 3.42. The lowest BCUT2D eigenvalue weighted by atomic mass is 9.86. The van der Waals surface area contributed by atoms with Gasteiger partial charge in [-0.15, -0.1) is 11.3 Å². The van der Waals surface area contributed by atoms with Crippen molar-refractivity contribution in [2.24, 2.45) is 5.92 Å². The lowest BCUT2D eigenvalue weighted by molar-refractivity contribution is -0.141. The number of nitrogens with zero attached hydrogens (tertiary/aromatic N) is 4. The molecule has 1 aliphatic carbocycles. The number of H-pyrrole nitrogens is 1. The SMILES string of the molecule is CC(=O)N1CCN(C(=O)[C@@H]2CCc3c(sc4ncnc(Nc5ccc6[nH]c(=O)sc6c5)c34)C2)CC1. The zero-order valence-corrected chi connectivity index (χ0v) is 20.8. The van der Waals surface area contributed by atoms with Gasteiger partial charge in [-0.1, -0.05) is 11.3 Å². The van der Waals surface area contributed by atoms with Crippen molar-refractivity contribution in [3.05, 3.63) is 44.6 Å². The molecule has 0 saturated carbocycles. The van der Waals surface area contributed by atoms with Crippen molar-refractivity contribution in [1.29, 1.82) is 0 Å². The van der Waals surface area contributed by atoms with Gasteiger partial charge in [-0.05, 0) is 43.0 Å². The predicted octanol–water partition coefficient (Wildman–Crippen LogP) is 3.13. The Labute approximate surface area is 208 Å². The number of carbonyl (C=O) groups excluding carboxylic acids is 2. The molecule has 9 nitrogen and oxygen atoms in total. The van der Waals surface area contributed by atoms with Crippen molar-refractivity contribution in [3.63, 3.8) is 0 Å². The number of benzene rings is 1. The molecule has 1 saturated heterocycles. The lowest BCUT2D eigenvalue weighted by Crippen LogP contribution is -2.51. The van der Waals surface area contributed by atoms with Gasteiger partial charge in [0.15, 0.2) is 0 Å². The Hall–Kier alpha value is -3.31. The molecule has 180 valence electrons. The minimum atomic E-state index is -0.0710. The van der Waals surface area contributed by atoms with Crippen LogP contribution in [0.1, 0.15) is 23.8 Å². The van der Waals surface area contributed by atoms with Crippen molar-refractivity contribution in [2.75, 3.05) is 31.5 Å². The van der Waals surface area contributed by atoms with Gasteiger partial charge < -0.3 is 20.1 Å². The van der Waals surface area contributed by atoms with E-state index in [4.69, 9.17) is 0 Å². The van der Waals surface area contributed by atoms with Crippen LogP contribution >= 0.6 is 22.7 Å². The van der Waals surface area contributed by atoms with E-state index in [0.29, 0.717) is 32.6 Å². The van der Waals surface area contributed by atoms with Gasteiger partial charge >= 0.3 is 4.87 Å². The molecule has 0 bridgehead atoms. The van der Waals surface area contributed by atoms with Crippen molar-refractivity contribution in [2.45, 2.75) is 26.2 Å². The number of amides is 2. The first-order valence-corrected chi connectivity index (χ1v) is 13.3. The molecular weight excluding hydrogens is 484 g/mol. The second-order valence-corrected chi connectivity index (χ2v) is 11.1. The second-order valence-electron chi connectivity index (χ2n) is 9.03. The van der Waals surface area contributed by atoms with Crippen molar-refractivity contribution in [1.82, 2.24) is 24.8 Å². The molecule has 1 aromatic carbocycles. The minimum absolute atomic E-state index is 0.0393. The first-order chi connectivity index (χ1) is 17.0. The number of nitrogens with one attached hydrogen (secondary N) is 2. The van der Waals surface area contributed by atoms with Crippen LogP contribution < -0.4 is 10.2 Å². The van der Waals surface area contributed by atoms with E-state index in [1.165, 1.54) is 21.8 Å². The number of thiophene rings is 1. The molecule has 1 atom stereocenters. The van der Waals surface area contributed by atoms with E-state index in [-0.39, 0.29) is 22.6 Å². The van der Waals surface area contributed by atoms with Crippen molar-refractivity contribution in [3.8, 4) is 0 Å². The Bertz CT molecular complexity index is 1510. The van der Waals surface area contributed by atoms with Crippen LogP contribution in [-0.2, 0) is 22.4 Å². The molecule has 1 aliphatic heterocycles. The molecule has 4 heterocycles. The van der Waals surface area contributed by atoms with E-state index in [9.17, 15) is 14.4 Å². The molecule has 35 heavy (non-hydrogen) atoms. The zero-order chi connectivity index (χ0) is 24.1. The third-order valence-corrected chi connectivity index (χ3v) is 8.92. The van der Waals surface area contributed by atoms with Crippen LogP contribution in [0.3, 0.4) is 0 Å². The summed E-state index contributed by atoms with van der Waals surface area (Å²) < 4.78 is 0.892. The third kappa shape index (κ3) is 4.08. The maximum Gasteiger partial charge on any atom is 0.305 e. The number of aromatic amines is 1. The first kappa shape index (κ1) is 22.2. The van der Waals surface area contributed by atoms with E-state index < -0.39 is 0 Å². The highest BCUT2D eigenvalue weighted by Gasteiger charge is 2.33. The van der Waals surface area contributed by atoms with Crippen LogP contribution in [0, 0.1) is 5.92 Å². The molecule has 2 aliphatic rings. The highest BCUT2D eigenvalue weighted by atomic mass is 32.1. The summed E-state index contributed by atoms with van der Waals surface area (Å²) in [5.41, 5.74) is 2.91. The van der Waals surface area contributed by atoms with Crippen LogP contribution in [-0.4, -0.2) is 62.7 Å². The largest absolute Gasteiger partial charge is 0.340 e. The van der Waals surface area contributed by atoms with Crippen LogP contribution in [0.2, 0.25) is 0 Å². The van der Waals surface area contributed by atoms with Gasteiger partial charge in [0.25, 0.3) is 0 Å². The fraction of sp³-hybridized carbons (Fsp3) is 0.375. The molecular formula is C24H24N6O3S2. The fourth-order valence-corrected chi connectivity index (χ4v) is 7.12.